The molecular weight excluding hydrogens is 250 g/mol. The van der Waals surface area contributed by atoms with Crippen LogP contribution in [0.4, 0.5) is 0 Å². The van der Waals surface area contributed by atoms with Crippen LogP contribution in [0.1, 0.15) is 36.8 Å². The topological polar surface area (TPSA) is 12.0 Å². The van der Waals surface area contributed by atoms with Gasteiger partial charge in [-0.05, 0) is 48.9 Å². The summed E-state index contributed by atoms with van der Waals surface area (Å²) in [5, 5.41) is 3.46. The van der Waals surface area contributed by atoms with Gasteiger partial charge in [-0.25, -0.2) is 0 Å². The van der Waals surface area contributed by atoms with Crippen molar-refractivity contribution in [3.8, 4) is 0 Å². The van der Waals surface area contributed by atoms with Crippen molar-refractivity contribution in [1.82, 2.24) is 5.32 Å². The molecule has 82 valence electrons. The van der Waals surface area contributed by atoms with Crippen LogP contribution in [0.15, 0.2) is 22.7 Å². The molecule has 0 aromatic heterocycles. The number of benzene rings is 1. The molecule has 15 heavy (non-hydrogen) atoms. The second kappa shape index (κ2) is 5.13. The molecule has 1 aromatic rings. The Bertz CT molecular complexity index is 335. The Kier molecular flexibility index (Phi) is 3.81. The predicted octanol–water partition coefficient (Wildman–Crippen LogP) is 3.48. The summed E-state index contributed by atoms with van der Waals surface area (Å²) in [4.78, 5) is 0. The van der Waals surface area contributed by atoms with Crippen molar-refractivity contribution in [2.45, 2.75) is 32.1 Å². The van der Waals surface area contributed by atoms with Crippen molar-refractivity contribution in [3.05, 3.63) is 33.8 Å². The van der Waals surface area contributed by atoms with Gasteiger partial charge >= 0.3 is 0 Å². The summed E-state index contributed by atoms with van der Waals surface area (Å²) in [7, 11) is 0. The number of fused-ring (bicyclic) bond motifs is 1. The quantitative estimate of drug-likeness (QED) is 0.885. The lowest BCUT2D eigenvalue weighted by Crippen LogP contribution is -2.24. The van der Waals surface area contributed by atoms with Gasteiger partial charge in [-0.2, -0.15) is 0 Å². The first-order chi connectivity index (χ1) is 7.33. The molecule has 2 rings (SSSR count). The van der Waals surface area contributed by atoms with Gasteiger partial charge in [0.2, 0.25) is 0 Å². The van der Waals surface area contributed by atoms with Crippen molar-refractivity contribution in [2.24, 2.45) is 0 Å². The fourth-order valence-corrected chi connectivity index (χ4v) is 3.01. The van der Waals surface area contributed by atoms with Gasteiger partial charge in [-0.15, -0.1) is 0 Å². The first-order valence-electron chi connectivity index (χ1n) is 5.81. The normalized spacial score (nSPS) is 20.0. The molecule has 1 aromatic carbocycles. The van der Waals surface area contributed by atoms with Crippen LogP contribution in [-0.4, -0.2) is 13.1 Å². The van der Waals surface area contributed by atoms with Crippen LogP contribution in [0.2, 0.25) is 0 Å². The number of halogens is 1. The van der Waals surface area contributed by atoms with E-state index in [0.717, 1.165) is 13.1 Å². The van der Waals surface area contributed by atoms with Gasteiger partial charge in [0.1, 0.15) is 0 Å². The molecule has 0 fully saturated rings. The molecule has 1 unspecified atom stereocenters. The van der Waals surface area contributed by atoms with E-state index in [1.165, 1.54) is 29.3 Å². The van der Waals surface area contributed by atoms with E-state index in [0.29, 0.717) is 5.92 Å². The number of hydrogen-bond acceptors (Lipinski definition) is 1. The summed E-state index contributed by atoms with van der Waals surface area (Å²) in [6, 6.07) is 6.61. The molecule has 0 bridgehead atoms. The Morgan fingerprint density at radius 2 is 2.33 bits per heavy atom. The zero-order valence-corrected chi connectivity index (χ0v) is 10.8. The van der Waals surface area contributed by atoms with Crippen molar-refractivity contribution in [3.63, 3.8) is 0 Å². The van der Waals surface area contributed by atoms with Crippen LogP contribution < -0.4 is 5.32 Å². The highest BCUT2D eigenvalue weighted by molar-refractivity contribution is 9.10. The average molecular weight is 268 g/mol. The van der Waals surface area contributed by atoms with Gasteiger partial charge in [0, 0.05) is 11.0 Å². The third-order valence-corrected chi connectivity index (χ3v) is 3.96. The third-order valence-electron chi connectivity index (χ3n) is 3.22. The molecule has 1 N–H and O–H groups in total. The summed E-state index contributed by atoms with van der Waals surface area (Å²) >= 11 is 3.66. The van der Waals surface area contributed by atoms with Crippen molar-refractivity contribution >= 4 is 15.9 Å². The number of likely N-dealkylation sites (N-methyl/N-ethyl adjacent to an activating group) is 1. The van der Waals surface area contributed by atoms with E-state index in [9.17, 15) is 0 Å². The standard InChI is InChI=1S/C13H18BrN/c1-2-15-9-10-5-3-7-12-11(10)6-4-8-13(12)14/h4,6,8,10,15H,2-3,5,7,9H2,1H3. The van der Waals surface area contributed by atoms with Crippen LogP contribution >= 0.6 is 15.9 Å². The van der Waals surface area contributed by atoms with E-state index >= 15 is 0 Å². The molecule has 1 aliphatic rings. The van der Waals surface area contributed by atoms with Gasteiger partial charge in [-0.1, -0.05) is 35.0 Å². The van der Waals surface area contributed by atoms with E-state index in [4.69, 9.17) is 0 Å². The summed E-state index contributed by atoms with van der Waals surface area (Å²) in [5.74, 6) is 0.714. The van der Waals surface area contributed by atoms with Gasteiger partial charge in [0.25, 0.3) is 0 Å². The largest absolute Gasteiger partial charge is 0.316 e. The maximum Gasteiger partial charge on any atom is 0.0210 e. The maximum atomic E-state index is 3.66. The molecular formula is C13H18BrN. The highest BCUT2D eigenvalue weighted by Crippen LogP contribution is 2.34. The van der Waals surface area contributed by atoms with Gasteiger partial charge < -0.3 is 5.32 Å². The molecule has 1 aliphatic carbocycles. The molecule has 1 nitrogen and oxygen atoms in total. The zero-order chi connectivity index (χ0) is 10.7. The van der Waals surface area contributed by atoms with Crippen molar-refractivity contribution in [1.29, 1.82) is 0 Å². The summed E-state index contributed by atoms with van der Waals surface area (Å²) in [6.07, 6.45) is 3.89. The Labute approximate surface area is 100 Å². The van der Waals surface area contributed by atoms with Gasteiger partial charge in [0.05, 0.1) is 0 Å². The van der Waals surface area contributed by atoms with Crippen LogP contribution in [0, 0.1) is 0 Å². The van der Waals surface area contributed by atoms with Crippen LogP contribution in [0.5, 0.6) is 0 Å². The molecule has 0 saturated heterocycles. The first kappa shape index (κ1) is 11.2. The Morgan fingerprint density at radius 1 is 1.47 bits per heavy atom. The zero-order valence-electron chi connectivity index (χ0n) is 9.22. The number of rotatable bonds is 3. The summed E-state index contributed by atoms with van der Waals surface area (Å²) in [5.41, 5.74) is 3.09. The van der Waals surface area contributed by atoms with E-state index in [1.54, 1.807) is 5.56 Å². The highest BCUT2D eigenvalue weighted by Gasteiger charge is 2.20. The van der Waals surface area contributed by atoms with Crippen molar-refractivity contribution < 1.29 is 0 Å². The molecule has 0 saturated carbocycles. The number of hydrogen-bond donors (Lipinski definition) is 1. The summed E-state index contributed by atoms with van der Waals surface area (Å²) in [6.45, 7) is 4.37. The fraction of sp³-hybridized carbons (Fsp3) is 0.538. The van der Waals surface area contributed by atoms with Crippen molar-refractivity contribution in [2.75, 3.05) is 13.1 Å². The van der Waals surface area contributed by atoms with E-state index < -0.39 is 0 Å². The minimum atomic E-state index is 0.714. The second-order valence-electron chi connectivity index (χ2n) is 4.20. The van der Waals surface area contributed by atoms with Gasteiger partial charge in [-0.3, -0.25) is 0 Å². The highest BCUT2D eigenvalue weighted by atomic mass is 79.9. The summed E-state index contributed by atoms with van der Waals surface area (Å²) < 4.78 is 1.29. The Hall–Kier alpha value is -0.340. The monoisotopic (exact) mass is 267 g/mol. The van der Waals surface area contributed by atoms with Crippen LogP contribution in [0.25, 0.3) is 0 Å². The fourth-order valence-electron chi connectivity index (χ4n) is 2.43. The second-order valence-corrected chi connectivity index (χ2v) is 5.06. The lowest BCUT2D eigenvalue weighted by molar-refractivity contribution is 0.514. The van der Waals surface area contributed by atoms with E-state index in [2.05, 4.69) is 46.4 Å². The smallest absolute Gasteiger partial charge is 0.0210 e. The van der Waals surface area contributed by atoms with E-state index in [1.807, 2.05) is 0 Å². The SMILES string of the molecule is CCNCC1CCCc2c(Br)cccc21. The maximum absolute atomic E-state index is 3.66. The van der Waals surface area contributed by atoms with Crippen LogP contribution in [0.3, 0.4) is 0 Å². The Morgan fingerprint density at radius 3 is 3.13 bits per heavy atom. The minimum absolute atomic E-state index is 0.714. The first-order valence-corrected chi connectivity index (χ1v) is 6.60. The lowest BCUT2D eigenvalue weighted by atomic mass is 9.83. The van der Waals surface area contributed by atoms with Crippen LogP contribution in [-0.2, 0) is 6.42 Å². The number of nitrogens with one attached hydrogen (secondary N) is 1. The van der Waals surface area contributed by atoms with E-state index in [-0.39, 0.29) is 0 Å². The minimum Gasteiger partial charge on any atom is -0.316 e. The molecule has 0 heterocycles. The predicted molar refractivity (Wildman–Crippen MR) is 68.4 cm³/mol. The lowest BCUT2D eigenvalue weighted by Gasteiger charge is -2.26. The molecule has 0 amide bonds. The van der Waals surface area contributed by atoms with Gasteiger partial charge in [0.15, 0.2) is 0 Å². The third kappa shape index (κ3) is 2.43. The molecule has 2 heteroatoms. The molecule has 0 radical (unpaired) electrons. The molecule has 0 aliphatic heterocycles. The molecule has 0 spiro atoms. The molecule has 1 atom stereocenters. The average Bonchev–Trinajstić information content (AvgIpc) is 2.27. The Balaban J connectivity index is 2.22.